The molecule has 50 heavy (non-hydrogen) atoms. The van der Waals surface area contributed by atoms with E-state index >= 15 is 0 Å². The Bertz CT molecular complexity index is 1760. The number of likely N-dealkylation sites (tertiary alicyclic amines) is 1. The molecule has 1 aliphatic heterocycles. The van der Waals surface area contributed by atoms with Gasteiger partial charge >= 0.3 is 0 Å². The van der Waals surface area contributed by atoms with Gasteiger partial charge in [0.1, 0.15) is 6.07 Å². The number of aromatic nitrogens is 1. The first kappa shape index (κ1) is 37.8. The van der Waals surface area contributed by atoms with Gasteiger partial charge in [-0.25, -0.2) is 0 Å². The summed E-state index contributed by atoms with van der Waals surface area (Å²) in [6.45, 7) is 16.8. The lowest BCUT2D eigenvalue weighted by atomic mass is 9.88. The van der Waals surface area contributed by atoms with Crippen molar-refractivity contribution in [2.45, 2.75) is 105 Å². The van der Waals surface area contributed by atoms with Crippen LogP contribution in [0.25, 0.3) is 11.1 Å². The largest absolute Gasteiger partial charge is 0.316 e. The van der Waals surface area contributed by atoms with Gasteiger partial charge in [0, 0.05) is 24.0 Å². The van der Waals surface area contributed by atoms with Crippen molar-refractivity contribution in [3.63, 3.8) is 0 Å². The number of unbranched alkanes of at least 4 members (excludes halogenated alkanes) is 1. The van der Waals surface area contributed by atoms with E-state index in [4.69, 9.17) is 11.6 Å². The molecule has 0 atom stereocenters. The van der Waals surface area contributed by atoms with Gasteiger partial charge in [0.05, 0.1) is 5.56 Å². The standard InChI is InChI=1S/C45H57ClN4/c1-33-37(13-7-8-22-48-32-45(3,4)5)14-11-16-42(33)43-17-12-15-38(34(43)2)20-21-40-26-39(19-18-35-25-36(28-47)30-49-29-35)41(27-44(40)46)31-50-23-9-6-10-24-50/h11-12,14-17,25-27,29-30,48H,6-10,13,18-24,31-32H2,1-5H3. The van der Waals surface area contributed by atoms with Gasteiger partial charge in [0.25, 0.3) is 0 Å². The molecule has 0 amide bonds. The molecule has 1 N–H and O–H groups in total. The Kier molecular flexibility index (Phi) is 13.7. The zero-order valence-corrected chi connectivity index (χ0v) is 31.9. The van der Waals surface area contributed by atoms with Crippen LogP contribution < -0.4 is 5.32 Å². The zero-order valence-electron chi connectivity index (χ0n) is 31.2. The Balaban J connectivity index is 1.30. The average Bonchev–Trinajstić information content (AvgIpc) is 3.10. The highest BCUT2D eigenvalue weighted by Crippen LogP contribution is 2.32. The van der Waals surface area contributed by atoms with Gasteiger partial charge in [0.15, 0.2) is 0 Å². The molecule has 0 aliphatic carbocycles. The van der Waals surface area contributed by atoms with E-state index in [-0.39, 0.29) is 0 Å². The third-order valence-corrected chi connectivity index (χ3v) is 10.7. The molecule has 0 unspecified atom stereocenters. The van der Waals surface area contributed by atoms with Crippen molar-refractivity contribution in [1.29, 1.82) is 5.26 Å². The molecule has 3 aromatic carbocycles. The summed E-state index contributed by atoms with van der Waals surface area (Å²) < 4.78 is 0. The predicted octanol–water partition coefficient (Wildman–Crippen LogP) is 10.4. The molecule has 1 fully saturated rings. The van der Waals surface area contributed by atoms with Crippen molar-refractivity contribution >= 4 is 11.6 Å². The zero-order chi connectivity index (χ0) is 35.5. The van der Waals surface area contributed by atoms with Crippen molar-refractivity contribution < 1.29 is 0 Å². The SMILES string of the molecule is Cc1c(CCCCNCC(C)(C)C)cccc1-c1cccc(CCc2cc(CCc3cncc(C#N)c3)c(CN3CCCCC3)cc2Cl)c1C. The van der Waals surface area contributed by atoms with Crippen LogP contribution in [0.2, 0.25) is 5.02 Å². The monoisotopic (exact) mass is 688 g/mol. The van der Waals surface area contributed by atoms with Crippen LogP contribution in [0.15, 0.2) is 67.0 Å². The maximum Gasteiger partial charge on any atom is 0.101 e. The van der Waals surface area contributed by atoms with E-state index in [9.17, 15) is 5.26 Å². The smallest absolute Gasteiger partial charge is 0.101 e. The number of nitrogens with one attached hydrogen (secondary N) is 1. The number of piperidine rings is 1. The van der Waals surface area contributed by atoms with Crippen LogP contribution >= 0.6 is 11.6 Å². The van der Waals surface area contributed by atoms with Gasteiger partial charge in [0.2, 0.25) is 0 Å². The molecule has 4 aromatic rings. The van der Waals surface area contributed by atoms with Crippen LogP contribution in [-0.2, 0) is 38.6 Å². The summed E-state index contributed by atoms with van der Waals surface area (Å²) in [7, 11) is 0. The highest BCUT2D eigenvalue weighted by Gasteiger charge is 2.17. The minimum atomic E-state index is 0.329. The first-order valence-corrected chi connectivity index (χ1v) is 19.2. The first-order valence-electron chi connectivity index (χ1n) is 18.9. The van der Waals surface area contributed by atoms with Gasteiger partial charge in [-0.05, 0) is 171 Å². The quantitative estimate of drug-likeness (QED) is 0.126. The molecule has 1 saturated heterocycles. The van der Waals surface area contributed by atoms with Crippen molar-refractivity contribution in [2.75, 3.05) is 26.2 Å². The fourth-order valence-corrected chi connectivity index (χ4v) is 7.68. The number of benzene rings is 3. The number of hydrogen-bond acceptors (Lipinski definition) is 4. The molecule has 0 radical (unpaired) electrons. The molecular formula is C45H57ClN4. The van der Waals surface area contributed by atoms with Crippen LogP contribution in [-0.4, -0.2) is 36.1 Å². The molecule has 4 nitrogen and oxygen atoms in total. The Morgan fingerprint density at radius 2 is 1.42 bits per heavy atom. The third-order valence-electron chi connectivity index (χ3n) is 10.4. The van der Waals surface area contributed by atoms with E-state index in [1.807, 2.05) is 12.3 Å². The average molecular weight is 689 g/mol. The fourth-order valence-electron chi connectivity index (χ4n) is 7.40. The summed E-state index contributed by atoms with van der Waals surface area (Å²) in [5, 5.41) is 13.9. The second kappa shape index (κ2) is 18.1. The molecule has 2 heterocycles. The molecular weight excluding hydrogens is 632 g/mol. The van der Waals surface area contributed by atoms with E-state index < -0.39 is 0 Å². The molecule has 5 rings (SSSR count). The van der Waals surface area contributed by atoms with E-state index in [0.29, 0.717) is 11.0 Å². The number of aryl methyl sites for hydroxylation is 5. The summed E-state index contributed by atoms with van der Waals surface area (Å²) in [5.74, 6) is 0. The highest BCUT2D eigenvalue weighted by molar-refractivity contribution is 6.31. The summed E-state index contributed by atoms with van der Waals surface area (Å²) >= 11 is 7.07. The van der Waals surface area contributed by atoms with E-state index in [1.165, 1.54) is 82.2 Å². The van der Waals surface area contributed by atoms with Gasteiger partial charge in [-0.1, -0.05) is 81.3 Å². The van der Waals surface area contributed by atoms with Crippen LogP contribution in [0.5, 0.6) is 0 Å². The third kappa shape index (κ3) is 10.8. The Morgan fingerprint density at radius 1 is 0.760 bits per heavy atom. The lowest BCUT2D eigenvalue weighted by molar-refractivity contribution is 0.220. The molecule has 0 saturated carbocycles. The van der Waals surface area contributed by atoms with Crippen LogP contribution in [0, 0.1) is 30.6 Å². The summed E-state index contributed by atoms with van der Waals surface area (Å²) in [5.41, 5.74) is 14.3. The number of pyridine rings is 1. The number of halogens is 1. The Labute approximate surface area is 307 Å². The van der Waals surface area contributed by atoms with E-state index in [0.717, 1.165) is 75.4 Å². The van der Waals surface area contributed by atoms with Gasteiger partial charge in [-0.2, -0.15) is 5.26 Å². The minimum Gasteiger partial charge on any atom is -0.316 e. The maximum absolute atomic E-state index is 9.38. The topological polar surface area (TPSA) is 52.0 Å². The number of nitriles is 1. The molecule has 1 aromatic heterocycles. The molecule has 0 bridgehead atoms. The molecule has 0 spiro atoms. The number of rotatable bonds is 15. The van der Waals surface area contributed by atoms with Crippen LogP contribution in [0.4, 0.5) is 0 Å². The van der Waals surface area contributed by atoms with Crippen LogP contribution in [0.3, 0.4) is 0 Å². The number of nitrogens with zero attached hydrogens (tertiary/aromatic N) is 3. The maximum atomic E-state index is 9.38. The summed E-state index contributed by atoms with van der Waals surface area (Å²) in [6, 6.07) is 22.5. The van der Waals surface area contributed by atoms with Crippen molar-refractivity contribution in [3.8, 4) is 17.2 Å². The highest BCUT2D eigenvalue weighted by atomic mass is 35.5. The van der Waals surface area contributed by atoms with Crippen molar-refractivity contribution in [3.05, 3.63) is 122 Å². The first-order chi connectivity index (χ1) is 24.1. The molecule has 264 valence electrons. The van der Waals surface area contributed by atoms with Crippen molar-refractivity contribution in [1.82, 2.24) is 15.2 Å². The number of hydrogen-bond donors (Lipinski definition) is 1. The Hall–Kier alpha value is -3.49. The lowest BCUT2D eigenvalue weighted by Crippen LogP contribution is -2.29. The second-order valence-corrected chi connectivity index (χ2v) is 16.0. The predicted molar refractivity (Wildman–Crippen MR) is 211 cm³/mol. The van der Waals surface area contributed by atoms with Crippen molar-refractivity contribution in [2.24, 2.45) is 5.41 Å². The van der Waals surface area contributed by atoms with Crippen LogP contribution in [0.1, 0.15) is 103 Å². The fraction of sp³-hybridized carbons (Fsp3) is 0.467. The molecule has 5 heteroatoms. The van der Waals surface area contributed by atoms with Gasteiger partial charge in [-0.15, -0.1) is 0 Å². The summed E-state index contributed by atoms with van der Waals surface area (Å²) in [4.78, 5) is 6.88. The lowest BCUT2D eigenvalue weighted by Gasteiger charge is -2.28. The Morgan fingerprint density at radius 3 is 2.10 bits per heavy atom. The van der Waals surface area contributed by atoms with E-state index in [1.54, 1.807) is 6.20 Å². The summed E-state index contributed by atoms with van der Waals surface area (Å²) in [6.07, 6.45) is 14.5. The molecule has 1 aliphatic rings. The van der Waals surface area contributed by atoms with Gasteiger partial charge < -0.3 is 5.32 Å². The minimum absolute atomic E-state index is 0.329. The second-order valence-electron chi connectivity index (χ2n) is 15.6. The van der Waals surface area contributed by atoms with Gasteiger partial charge in [-0.3, -0.25) is 9.88 Å². The normalized spacial score (nSPS) is 13.8. The van der Waals surface area contributed by atoms with E-state index in [2.05, 4.69) is 104 Å².